The van der Waals surface area contributed by atoms with Crippen molar-refractivity contribution in [2.24, 2.45) is 10.7 Å². The lowest BCUT2D eigenvalue weighted by molar-refractivity contribution is 0.233. The molecule has 3 nitrogen and oxygen atoms in total. The van der Waals surface area contributed by atoms with Gasteiger partial charge in [0.05, 0.1) is 6.61 Å². The number of amidine groups is 1. The van der Waals surface area contributed by atoms with E-state index >= 15 is 0 Å². The molecule has 1 aromatic carbocycles. The quantitative estimate of drug-likeness (QED) is 0.724. The van der Waals surface area contributed by atoms with Gasteiger partial charge in [-0.15, -0.1) is 6.42 Å². The molecule has 0 aromatic heterocycles. The lowest BCUT2D eigenvalue weighted by atomic mass is 9.87. The molecule has 0 spiro atoms. The maximum absolute atomic E-state index is 13.7. The first-order valence-electron chi connectivity index (χ1n) is 4.89. The van der Waals surface area contributed by atoms with Crippen LogP contribution in [-0.4, -0.2) is 12.6 Å². The Labute approximate surface area is 93.1 Å². The highest BCUT2D eigenvalue weighted by molar-refractivity contribution is 5.73. The van der Waals surface area contributed by atoms with Crippen LogP contribution in [0, 0.1) is 18.2 Å². The van der Waals surface area contributed by atoms with Gasteiger partial charge in [-0.1, -0.05) is 24.1 Å². The molecule has 2 N–H and O–H groups in total. The molecule has 1 aliphatic heterocycles. The molecule has 1 unspecified atom stereocenters. The molecule has 0 fully saturated rings. The van der Waals surface area contributed by atoms with Gasteiger partial charge < -0.3 is 10.5 Å². The van der Waals surface area contributed by atoms with Gasteiger partial charge in [-0.25, -0.2) is 9.38 Å². The number of terminal acetylenes is 1. The first-order chi connectivity index (χ1) is 7.68. The third-order valence-corrected chi connectivity index (χ3v) is 2.57. The minimum atomic E-state index is -1.03. The highest BCUT2D eigenvalue weighted by Gasteiger charge is 2.35. The number of halogens is 1. The molecule has 0 aliphatic carbocycles. The first kappa shape index (κ1) is 10.5. The van der Waals surface area contributed by atoms with Gasteiger partial charge in [0.25, 0.3) is 6.02 Å². The second-order valence-corrected chi connectivity index (χ2v) is 3.53. The Bertz CT molecular complexity index is 478. The average Bonchev–Trinajstić information content (AvgIpc) is 2.29. The second kappa shape index (κ2) is 3.86. The van der Waals surface area contributed by atoms with E-state index < -0.39 is 5.54 Å². The Hall–Kier alpha value is -2.02. The number of benzene rings is 1. The maximum Gasteiger partial charge on any atom is 0.283 e. The minimum Gasteiger partial charge on any atom is -0.465 e. The molecule has 0 bridgehead atoms. The smallest absolute Gasteiger partial charge is 0.283 e. The van der Waals surface area contributed by atoms with Crippen molar-refractivity contribution in [2.45, 2.75) is 12.0 Å². The molecule has 2 rings (SSSR count). The summed E-state index contributed by atoms with van der Waals surface area (Å²) in [5.74, 6) is 2.14. The fraction of sp³-hybridized carbons (Fsp3) is 0.250. The van der Waals surface area contributed by atoms with Crippen LogP contribution in [0.25, 0.3) is 0 Å². The lowest BCUT2D eigenvalue weighted by Gasteiger charge is -2.28. The van der Waals surface area contributed by atoms with Gasteiger partial charge in [0.15, 0.2) is 5.54 Å². The molecule has 0 saturated carbocycles. The van der Waals surface area contributed by atoms with Gasteiger partial charge in [0, 0.05) is 12.0 Å². The van der Waals surface area contributed by atoms with Crippen LogP contribution in [0.1, 0.15) is 12.0 Å². The van der Waals surface area contributed by atoms with Crippen molar-refractivity contribution < 1.29 is 9.13 Å². The Balaban J connectivity index is 2.56. The summed E-state index contributed by atoms with van der Waals surface area (Å²) >= 11 is 0. The molecule has 1 aromatic rings. The molecular formula is C12H11FN2O. The summed E-state index contributed by atoms with van der Waals surface area (Å²) in [7, 11) is 0. The lowest BCUT2D eigenvalue weighted by Crippen LogP contribution is -2.35. The highest BCUT2D eigenvalue weighted by atomic mass is 19.1. The number of hydrogen-bond donors (Lipinski definition) is 1. The predicted molar refractivity (Wildman–Crippen MR) is 59.1 cm³/mol. The summed E-state index contributed by atoms with van der Waals surface area (Å²) in [6, 6.07) is 6.31. The van der Waals surface area contributed by atoms with E-state index in [1.165, 1.54) is 6.07 Å². The van der Waals surface area contributed by atoms with E-state index in [2.05, 4.69) is 10.9 Å². The van der Waals surface area contributed by atoms with Crippen molar-refractivity contribution in [3.05, 3.63) is 35.6 Å². The normalized spacial score (nSPS) is 24.1. The Morgan fingerprint density at radius 1 is 1.50 bits per heavy atom. The van der Waals surface area contributed by atoms with Crippen molar-refractivity contribution in [3.8, 4) is 12.3 Å². The van der Waals surface area contributed by atoms with Gasteiger partial charge in [-0.2, -0.15) is 0 Å². The van der Waals surface area contributed by atoms with Crippen molar-refractivity contribution in [1.29, 1.82) is 0 Å². The van der Waals surface area contributed by atoms with Crippen molar-refractivity contribution in [2.75, 3.05) is 6.61 Å². The summed E-state index contributed by atoms with van der Waals surface area (Å²) in [5.41, 5.74) is 4.81. The SMILES string of the molecule is C#CC1(c2ccccc2F)CCOC(N)=N1. The number of aliphatic imine (C=N–C) groups is 1. The second-order valence-electron chi connectivity index (χ2n) is 3.53. The topological polar surface area (TPSA) is 47.6 Å². The third kappa shape index (κ3) is 1.61. The van der Waals surface area contributed by atoms with E-state index in [-0.39, 0.29) is 11.8 Å². The zero-order chi connectivity index (χ0) is 11.6. The number of nitrogens with zero attached hydrogens (tertiary/aromatic N) is 1. The highest BCUT2D eigenvalue weighted by Crippen LogP contribution is 2.33. The van der Waals surface area contributed by atoms with Gasteiger partial charge in [0.2, 0.25) is 0 Å². The number of ether oxygens (including phenoxy) is 1. The van der Waals surface area contributed by atoms with Crippen LogP contribution in [0.5, 0.6) is 0 Å². The Morgan fingerprint density at radius 2 is 2.25 bits per heavy atom. The monoisotopic (exact) mass is 218 g/mol. The van der Waals surface area contributed by atoms with Gasteiger partial charge in [-0.05, 0) is 6.07 Å². The molecule has 1 aliphatic rings. The van der Waals surface area contributed by atoms with Crippen molar-refractivity contribution in [1.82, 2.24) is 0 Å². The summed E-state index contributed by atoms with van der Waals surface area (Å²) in [5, 5.41) is 0. The minimum absolute atomic E-state index is 0.00690. The van der Waals surface area contributed by atoms with Gasteiger partial charge in [-0.3, -0.25) is 0 Å². The molecule has 0 saturated heterocycles. The number of rotatable bonds is 1. The fourth-order valence-electron chi connectivity index (χ4n) is 1.75. The van der Waals surface area contributed by atoms with E-state index in [4.69, 9.17) is 16.9 Å². The largest absolute Gasteiger partial charge is 0.465 e. The van der Waals surface area contributed by atoms with Crippen LogP contribution >= 0.6 is 0 Å². The molecule has 1 atom stereocenters. The van der Waals surface area contributed by atoms with E-state index in [1.54, 1.807) is 18.2 Å². The van der Waals surface area contributed by atoms with Crippen LogP contribution in [0.15, 0.2) is 29.3 Å². The molecule has 16 heavy (non-hydrogen) atoms. The third-order valence-electron chi connectivity index (χ3n) is 2.57. The maximum atomic E-state index is 13.7. The van der Waals surface area contributed by atoms with Gasteiger partial charge in [0.1, 0.15) is 5.82 Å². The molecule has 0 radical (unpaired) electrons. The molecule has 82 valence electrons. The van der Waals surface area contributed by atoms with Gasteiger partial charge >= 0.3 is 0 Å². The van der Waals surface area contributed by atoms with Crippen LogP contribution in [0.3, 0.4) is 0 Å². The first-order valence-corrected chi connectivity index (χ1v) is 4.89. The number of hydrogen-bond acceptors (Lipinski definition) is 3. The Kier molecular flexibility index (Phi) is 2.53. The van der Waals surface area contributed by atoms with Crippen LogP contribution in [0.4, 0.5) is 4.39 Å². The van der Waals surface area contributed by atoms with E-state index in [0.717, 1.165) is 0 Å². The van der Waals surface area contributed by atoms with Crippen LogP contribution in [0.2, 0.25) is 0 Å². The molecule has 1 heterocycles. The molecule has 0 amide bonds. The zero-order valence-electron chi connectivity index (χ0n) is 8.61. The molecule has 4 heteroatoms. The van der Waals surface area contributed by atoms with Crippen LogP contribution < -0.4 is 5.73 Å². The Morgan fingerprint density at radius 3 is 2.88 bits per heavy atom. The summed E-state index contributed by atoms with van der Waals surface area (Å²) in [6.45, 7) is 0.341. The van der Waals surface area contributed by atoms with E-state index in [0.29, 0.717) is 18.6 Å². The predicted octanol–water partition coefficient (Wildman–Crippen LogP) is 1.39. The van der Waals surface area contributed by atoms with Crippen molar-refractivity contribution in [3.63, 3.8) is 0 Å². The zero-order valence-corrected chi connectivity index (χ0v) is 8.61. The van der Waals surface area contributed by atoms with Crippen LogP contribution in [-0.2, 0) is 10.3 Å². The summed E-state index contributed by atoms with van der Waals surface area (Å²) in [4.78, 5) is 4.06. The van der Waals surface area contributed by atoms with Crippen molar-refractivity contribution >= 4 is 6.02 Å². The fourth-order valence-corrected chi connectivity index (χ4v) is 1.75. The number of nitrogens with two attached hydrogens (primary N) is 1. The standard InChI is InChI=1S/C12H11FN2O/c1-2-12(7-8-16-11(14)15-12)9-5-3-4-6-10(9)13/h1,3-6H,7-8H2,(H2,14,15). The summed E-state index contributed by atoms with van der Waals surface area (Å²) in [6.07, 6.45) is 5.89. The van der Waals surface area contributed by atoms with E-state index in [9.17, 15) is 4.39 Å². The summed E-state index contributed by atoms with van der Waals surface area (Å²) < 4.78 is 18.7. The van der Waals surface area contributed by atoms with E-state index in [1.807, 2.05) is 0 Å². The average molecular weight is 218 g/mol. The molecular weight excluding hydrogens is 207 g/mol.